The van der Waals surface area contributed by atoms with Crippen LogP contribution in [0.15, 0.2) is 18.2 Å². The number of amides is 2. The van der Waals surface area contributed by atoms with E-state index in [9.17, 15) is 22.4 Å². The molecular formula is C12H13FN2O5S. The summed E-state index contributed by atoms with van der Waals surface area (Å²) in [6.45, 7) is 0.141. The molecule has 2 rings (SSSR count). The molecule has 1 heterocycles. The number of carboxylic acids is 1. The van der Waals surface area contributed by atoms with Gasteiger partial charge in [0.25, 0.3) is 0 Å². The van der Waals surface area contributed by atoms with E-state index in [1.165, 1.54) is 11.0 Å². The van der Waals surface area contributed by atoms with Crippen molar-refractivity contribution in [3.8, 4) is 0 Å². The maximum Gasteiger partial charge on any atom is 0.338 e. The number of anilines is 1. The van der Waals surface area contributed by atoms with Gasteiger partial charge in [-0.15, -0.1) is 0 Å². The van der Waals surface area contributed by atoms with Gasteiger partial charge in [0, 0.05) is 18.8 Å². The molecule has 21 heavy (non-hydrogen) atoms. The second-order valence-electron chi connectivity index (χ2n) is 4.57. The minimum absolute atomic E-state index is 0.0706. The first-order valence-corrected chi connectivity index (χ1v) is 7.90. The molecule has 9 heteroatoms. The molecule has 0 aromatic heterocycles. The largest absolute Gasteiger partial charge is 0.478 e. The lowest BCUT2D eigenvalue weighted by atomic mass is 10.2. The molecule has 7 nitrogen and oxygen atoms in total. The van der Waals surface area contributed by atoms with Crippen LogP contribution in [0.4, 0.5) is 14.9 Å². The third kappa shape index (κ3) is 3.69. The molecule has 1 aliphatic heterocycles. The molecule has 1 aromatic carbocycles. The van der Waals surface area contributed by atoms with Gasteiger partial charge in [-0.1, -0.05) is 0 Å². The van der Waals surface area contributed by atoms with Gasteiger partial charge >= 0.3 is 12.0 Å². The van der Waals surface area contributed by atoms with Gasteiger partial charge in [-0.3, -0.25) is 0 Å². The standard InChI is InChI=1S/C12H13FN2O5S/c13-10-2-1-8(7-9(10)11(16)17)14-12(18)15-3-5-21(19,20)6-4-15/h1-2,7H,3-6H2,(H,14,18)(H,16,17). The molecule has 0 saturated carbocycles. The van der Waals surface area contributed by atoms with Crippen molar-refractivity contribution in [3.63, 3.8) is 0 Å². The highest BCUT2D eigenvalue weighted by Gasteiger charge is 2.25. The smallest absolute Gasteiger partial charge is 0.338 e. The number of nitrogens with zero attached hydrogens (tertiary/aromatic N) is 1. The van der Waals surface area contributed by atoms with E-state index >= 15 is 0 Å². The maximum atomic E-state index is 13.2. The van der Waals surface area contributed by atoms with Gasteiger partial charge in [-0.25, -0.2) is 22.4 Å². The van der Waals surface area contributed by atoms with Gasteiger partial charge in [0.2, 0.25) is 0 Å². The zero-order chi connectivity index (χ0) is 15.6. The fourth-order valence-corrected chi connectivity index (χ4v) is 3.09. The monoisotopic (exact) mass is 316 g/mol. The van der Waals surface area contributed by atoms with Gasteiger partial charge in [-0.05, 0) is 18.2 Å². The Morgan fingerprint density at radius 3 is 2.43 bits per heavy atom. The van der Waals surface area contributed by atoms with Crippen LogP contribution in [-0.4, -0.2) is 55.0 Å². The molecule has 0 spiro atoms. The highest BCUT2D eigenvalue weighted by atomic mass is 32.2. The molecule has 1 aliphatic rings. The zero-order valence-electron chi connectivity index (χ0n) is 10.9. The van der Waals surface area contributed by atoms with E-state index < -0.39 is 33.2 Å². The Bertz CT molecular complexity index is 675. The predicted molar refractivity (Wildman–Crippen MR) is 72.6 cm³/mol. The van der Waals surface area contributed by atoms with Crippen molar-refractivity contribution in [2.24, 2.45) is 0 Å². The van der Waals surface area contributed by atoms with Gasteiger partial charge in [-0.2, -0.15) is 0 Å². The number of carboxylic acid groups (broad SMARTS) is 1. The van der Waals surface area contributed by atoms with Crippen LogP contribution in [0.5, 0.6) is 0 Å². The van der Waals surface area contributed by atoms with Gasteiger partial charge in [0.05, 0.1) is 17.1 Å². The lowest BCUT2D eigenvalue weighted by Gasteiger charge is -2.26. The Hall–Kier alpha value is -2.16. The highest BCUT2D eigenvalue weighted by Crippen LogP contribution is 2.16. The molecule has 2 N–H and O–H groups in total. The van der Waals surface area contributed by atoms with Crippen molar-refractivity contribution >= 4 is 27.5 Å². The Morgan fingerprint density at radius 1 is 1.24 bits per heavy atom. The van der Waals surface area contributed by atoms with Crippen LogP contribution in [-0.2, 0) is 9.84 Å². The lowest BCUT2D eigenvalue weighted by Crippen LogP contribution is -2.45. The van der Waals surface area contributed by atoms with Crippen molar-refractivity contribution in [3.05, 3.63) is 29.6 Å². The van der Waals surface area contributed by atoms with Gasteiger partial charge in [0.1, 0.15) is 5.82 Å². The van der Waals surface area contributed by atoms with E-state index in [4.69, 9.17) is 5.11 Å². The Balaban J connectivity index is 2.07. The Morgan fingerprint density at radius 2 is 1.86 bits per heavy atom. The van der Waals surface area contributed by atoms with E-state index in [0.29, 0.717) is 0 Å². The summed E-state index contributed by atoms with van der Waals surface area (Å²) in [5.41, 5.74) is -0.416. The second kappa shape index (κ2) is 5.68. The van der Waals surface area contributed by atoms with Crippen LogP contribution < -0.4 is 5.32 Å². The predicted octanol–water partition coefficient (Wildman–Crippen LogP) is 0.786. The lowest BCUT2D eigenvalue weighted by molar-refractivity contribution is 0.0692. The quantitative estimate of drug-likeness (QED) is 0.839. The number of hydrogen-bond donors (Lipinski definition) is 2. The van der Waals surface area contributed by atoms with Gasteiger partial charge in [0.15, 0.2) is 9.84 Å². The molecular weight excluding hydrogens is 303 g/mol. The van der Waals surface area contributed by atoms with Crippen LogP contribution in [0.25, 0.3) is 0 Å². The Labute approximate surface area is 120 Å². The molecule has 0 aliphatic carbocycles. The average Bonchev–Trinajstić information content (AvgIpc) is 2.40. The molecule has 114 valence electrons. The van der Waals surface area contributed by atoms with Crippen molar-refractivity contribution in [2.75, 3.05) is 29.9 Å². The molecule has 1 aromatic rings. The molecule has 0 bridgehead atoms. The van der Waals surface area contributed by atoms with Gasteiger partial charge < -0.3 is 15.3 Å². The van der Waals surface area contributed by atoms with Crippen LogP contribution >= 0.6 is 0 Å². The summed E-state index contributed by atoms with van der Waals surface area (Å²) in [7, 11) is -3.09. The first-order chi connectivity index (χ1) is 9.78. The van der Waals surface area contributed by atoms with Crippen LogP contribution in [0.3, 0.4) is 0 Å². The number of sulfone groups is 1. The summed E-state index contributed by atoms with van der Waals surface area (Å²) in [4.78, 5) is 24.0. The minimum atomic E-state index is -3.09. The number of benzene rings is 1. The molecule has 1 saturated heterocycles. The van der Waals surface area contributed by atoms with Crippen molar-refractivity contribution in [2.45, 2.75) is 0 Å². The second-order valence-corrected chi connectivity index (χ2v) is 6.87. The molecule has 2 amide bonds. The third-order valence-corrected chi connectivity index (χ3v) is 4.69. The summed E-state index contributed by atoms with van der Waals surface area (Å²) in [5, 5.41) is 11.2. The topological polar surface area (TPSA) is 104 Å². The Kier molecular flexibility index (Phi) is 4.12. The number of nitrogens with one attached hydrogen (secondary N) is 1. The van der Waals surface area contributed by atoms with Crippen LogP contribution in [0.2, 0.25) is 0 Å². The number of rotatable bonds is 2. The van der Waals surface area contributed by atoms with E-state index in [-0.39, 0.29) is 30.3 Å². The molecule has 1 fully saturated rings. The first kappa shape index (κ1) is 15.2. The number of urea groups is 1. The fraction of sp³-hybridized carbons (Fsp3) is 0.333. The molecule has 0 atom stereocenters. The summed E-state index contributed by atoms with van der Waals surface area (Å²) >= 11 is 0. The van der Waals surface area contributed by atoms with E-state index in [0.717, 1.165) is 12.1 Å². The molecule has 0 unspecified atom stereocenters. The maximum absolute atomic E-state index is 13.2. The highest BCUT2D eigenvalue weighted by molar-refractivity contribution is 7.91. The normalized spacial score (nSPS) is 17.3. The third-order valence-electron chi connectivity index (χ3n) is 3.08. The fourth-order valence-electron chi connectivity index (χ4n) is 1.88. The van der Waals surface area contributed by atoms with E-state index in [2.05, 4.69) is 5.32 Å². The van der Waals surface area contributed by atoms with Crippen molar-refractivity contribution < 1.29 is 27.5 Å². The SMILES string of the molecule is O=C(O)c1cc(NC(=O)N2CCS(=O)(=O)CC2)ccc1F. The van der Waals surface area contributed by atoms with E-state index in [1.54, 1.807) is 0 Å². The number of halogens is 1. The minimum Gasteiger partial charge on any atom is -0.478 e. The van der Waals surface area contributed by atoms with E-state index in [1.807, 2.05) is 0 Å². The van der Waals surface area contributed by atoms with Crippen LogP contribution in [0, 0.1) is 5.82 Å². The number of carbonyl (C=O) groups is 2. The summed E-state index contributed by atoms with van der Waals surface area (Å²) in [6, 6.07) is 2.64. The summed E-state index contributed by atoms with van der Waals surface area (Å²) in [6.07, 6.45) is 0. The van der Waals surface area contributed by atoms with Crippen molar-refractivity contribution in [1.29, 1.82) is 0 Å². The summed E-state index contributed by atoms with van der Waals surface area (Å²) < 4.78 is 35.8. The number of carbonyl (C=O) groups excluding carboxylic acids is 1. The summed E-state index contributed by atoms with van der Waals surface area (Å²) in [5.74, 6) is -2.55. The van der Waals surface area contributed by atoms with Crippen LogP contribution in [0.1, 0.15) is 10.4 Å². The first-order valence-electron chi connectivity index (χ1n) is 6.08. The van der Waals surface area contributed by atoms with Crippen molar-refractivity contribution in [1.82, 2.24) is 4.90 Å². The average molecular weight is 316 g/mol. The number of hydrogen-bond acceptors (Lipinski definition) is 4. The number of aromatic carboxylic acids is 1. The zero-order valence-corrected chi connectivity index (χ0v) is 11.7. The molecule has 0 radical (unpaired) electrons.